The van der Waals surface area contributed by atoms with Crippen LogP contribution in [0.5, 0.6) is 0 Å². The van der Waals surface area contributed by atoms with E-state index in [9.17, 15) is 5.11 Å². The first-order chi connectivity index (χ1) is 7.24. The number of rotatable bonds is 4. The molecular formula is C12H16BrNO. The lowest BCUT2D eigenvalue weighted by atomic mass is 9.91. The van der Waals surface area contributed by atoms with Crippen molar-refractivity contribution in [1.82, 2.24) is 0 Å². The van der Waals surface area contributed by atoms with Gasteiger partial charge in [0.15, 0.2) is 0 Å². The number of aliphatic hydroxyl groups excluding tert-OH is 1. The Hall–Kier alpha value is -0.380. The first-order valence-corrected chi connectivity index (χ1v) is 6.16. The van der Waals surface area contributed by atoms with Crippen molar-refractivity contribution in [1.29, 1.82) is 0 Å². The molecule has 1 aromatic carbocycles. The fraction of sp³-hybridized carbons (Fsp3) is 0.500. The molecule has 3 heteroatoms. The molecule has 2 rings (SSSR count). The Balaban J connectivity index is 2.21. The highest BCUT2D eigenvalue weighted by Gasteiger charge is 2.35. The number of aliphatic hydroxyl groups is 1. The van der Waals surface area contributed by atoms with Crippen molar-refractivity contribution in [3.05, 3.63) is 34.3 Å². The number of hydrogen-bond acceptors (Lipinski definition) is 2. The maximum Gasteiger partial charge on any atom is 0.0649 e. The minimum absolute atomic E-state index is 0.0630. The summed E-state index contributed by atoms with van der Waals surface area (Å²) in [6, 6.07) is 8.00. The van der Waals surface area contributed by atoms with Crippen LogP contribution < -0.4 is 5.73 Å². The summed E-state index contributed by atoms with van der Waals surface area (Å²) in [7, 11) is 0. The first-order valence-electron chi connectivity index (χ1n) is 5.36. The van der Waals surface area contributed by atoms with Crippen LogP contribution in [0.1, 0.15) is 24.3 Å². The maximum atomic E-state index is 10.1. The summed E-state index contributed by atoms with van der Waals surface area (Å²) in [5.74, 6) is 0.527. The van der Waals surface area contributed by atoms with Crippen LogP contribution in [0.3, 0.4) is 0 Å². The van der Waals surface area contributed by atoms with Gasteiger partial charge in [0.1, 0.15) is 0 Å². The van der Waals surface area contributed by atoms with Gasteiger partial charge in [0.25, 0.3) is 0 Å². The van der Waals surface area contributed by atoms with Crippen LogP contribution in [0.15, 0.2) is 28.7 Å². The van der Waals surface area contributed by atoms with Gasteiger partial charge in [-0.2, -0.15) is 0 Å². The Morgan fingerprint density at radius 2 is 2.07 bits per heavy atom. The summed E-state index contributed by atoms with van der Waals surface area (Å²) < 4.78 is 1.04. The van der Waals surface area contributed by atoms with Crippen molar-refractivity contribution in [2.45, 2.75) is 24.9 Å². The molecule has 1 aliphatic rings. The first kappa shape index (κ1) is 11.1. The summed E-state index contributed by atoms with van der Waals surface area (Å²) in [6.45, 7) is 0.500. The number of hydrogen-bond donors (Lipinski definition) is 2. The molecule has 1 aliphatic carbocycles. The summed E-state index contributed by atoms with van der Waals surface area (Å²) in [6.07, 6.45) is 2.00. The van der Waals surface area contributed by atoms with E-state index >= 15 is 0 Å². The predicted molar refractivity (Wildman–Crippen MR) is 64.7 cm³/mol. The van der Waals surface area contributed by atoms with E-state index in [0.29, 0.717) is 12.5 Å². The zero-order valence-electron chi connectivity index (χ0n) is 8.57. The monoisotopic (exact) mass is 269 g/mol. The van der Waals surface area contributed by atoms with E-state index in [1.807, 2.05) is 24.3 Å². The Morgan fingerprint density at radius 3 is 2.60 bits per heavy atom. The van der Waals surface area contributed by atoms with Crippen molar-refractivity contribution in [3.8, 4) is 0 Å². The molecule has 1 aromatic rings. The summed E-state index contributed by atoms with van der Waals surface area (Å²) in [4.78, 5) is 0. The smallest absolute Gasteiger partial charge is 0.0649 e. The molecule has 0 spiro atoms. The third-order valence-corrected chi connectivity index (χ3v) is 3.80. The molecule has 1 fully saturated rings. The lowest BCUT2D eigenvalue weighted by Gasteiger charge is -2.22. The molecular weight excluding hydrogens is 254 g/mol. The lowest BCUT2D eigenvalue weighted by Crippen LogP contribution is -2.27. The molecule has 15 heavy (non-hydrogen) atoms. The second-order valence-corrected chi connectivity index (χ2v) is 5.05. The van der Waals surface area contributed by atoms with Crippen molar-refractivity contribution >= 4 is 15.9 Å². The second-order valence-electron chi connectivity index (χ2n) is 4.19. The van der Waals surface area contributed by atoms with Crippen LogP contribution >= 0.6 is 15.9 Å². The van der Waals surface area contributed by atoms with E-state index in [1.54, 1.807) is 0 Å². The highest BCUT2D eigenvalue weighted by atomic mass is 79.9. The van der Waals surface area contributed by atoms with Gasteiger partial charge in [-0.1, -0.05) is 34.1 Å². The average molecular weight is 270 g/mol. The topological polar surface area (TPSA) is 46.2 Å². The van der Waals surface area contributed by atoms with E-state index in [0.717, 1.165) is 22.9 Å². The zero-order valence-corrected chi connectivity index (χ0v) is 10.2. The van der Waals surface area contributed by atoms with E-state index in [-0.39, 0.29) is 12.0 Å². The van der Waals surface area contributed by atoms with E-state index in [1.165, 1.54) is 0 Å². The van der Waals surface area contributed by atoms with Gasteiger partial charge in [-0.25, -0.2) is 0 Å². The molecule has 0 radical (unpaired) electrons. The third kappa shape index (κ3) is 2.41. The minimum atomic E-state index is -0.284. The van der Waals surface area contributed by atoms with Crippen molar-refractivity contribution in [2.75, 3.05) is 6.54 Å². The maximum absolute atomic E-state index is 10.1. The van der Waals surface area contributed by atoms with Gasteiger partial charge < -0.3 is 10.8 Å². The van der Waals surface area contributed by atoms with Gasteiger partial charge >= 0.3 is 0 Å². The Morgan fingerprint density at radius 1 is 1.40 bits per heavy atom. The van der Waals surface area contributed by atoms with Crippen LogP contribution in [0.2, 0.25) is 0 Å². The van der Waals surface area contributed by atoms with Crippen LogP contribution in [-0.2, 0) is 0 Å². The highest BCUT2D eigenvalue weighted by molar-refractivity contribution is 9.10. The SMILES string of the molecule is NCC(c1ccccc1Br)C(O)C1CC1. The van der Waals surface area contributed by atoms with Crippen LogP contribution in [0.25, 0.3) is 0 Å². The second kappa shape index (κ2) is 4.64. The number of halogens is 1. The molecule has 0 aliphatic heterocycles. The molecule has 0 aromatic heterocycles. The van der Waals surface area contributed by atoms with Gasteiger partial charge in [-0.05, 0) is 30.4 Å². The van der Waals surface area contributed by atoms with Crippen LogP contribution in [-0.4, -0.2) is 17.8 Å². The molecule has 0 saturated heterocycles. The number of nitrogens with two attached hydrogens (primary N) is 1. The van der Waals surface area contributed by atoms with Crippen LogP contribution in [0.4, 0.5) is 0 Å². The Labute approximate surface area is 98.6 Å². The fourth-order valence-corrected chi connectivity index (χ4v) is 2.57. The van der Waals surface area contributed by atoms with E-state index in [2.05, 4.69) is 15.9 Å². The van der Waals surface area contributed by atoms with Gasteiger partial charge in [-0.3, -0.25) is 0 Å². The molecule has 3 N–H and O–H groups in total. The van der Waals surface area contributed by atoms with Crippen molar-refractivity contribution in [3.63, 3.8) is 0 Å². The normalized spacial score (nSPS) is 19.9. The van der Waals surface area contributed by atoms with E-state index < -0.39 is 0 Å². The largest absolute Gasteiger partial charge is 0.392 e. The molecule has 2 unspecified atom stereocenters. The summed E-state index contributed by atoms with van der Waals surface area (Å²) in [5.41, 5.74) is 6.88. The Kier molecular flexibility index (Phi) is 3.44. The minimum Gasteiger partial charge on any atom is -0.392 e. The van der Waals surface area contributed by atoms with Gasteiger partial charge in [-0.15, -0.1) is 0 Å². The third-order valence-electron chi connectivity index (χ3n) is 3.08. The van der Waals surface area contributed by atoms with Crippen molar-refractivity contribution in [2.24, 2.45) is 11.7 Å². The molecule has 0 amide bonds. The zero-order chi connectivity index (χ0) is 10.8. The van der Waals surface area contributed by atoms with Gasteiger partial charge in [0.05, 0.1) is 6.10 Å². The molecule has 0 bridgehead atoms. The summed E-state index contributed by atoms with van der Waals surface area (Å²) >= 11 is 3.51. The molecule has 2 nitrogen and oxygen atoms in total. The van der Waals surface area contributed by atoms with Gasteiger partial charge in [0.2, 0.25) is 0 Å². The van der Waals surface area contributed by atoms with Gasteiger partial charge in [0, 0.05) is 16.9 Å². The predicted octanol–water partition coefficient (Wildman–Crippen LogP) is 2.26. The number of benzene rings is 1. The van der Waals surface area contributed by atoms with Crippen LogP contribution in [0, 0.1) is 5.92 Å². The summed E-state index contributed by atoms with van der Waals surface area (Å²) in [5, 5.41) is 10.1. The molecule has 0 heterocycles. The highest BCUT2D eigenvalue weighted by Crippen LogP contribution is 2.40. The van der Waals surface area contributed by atoms with Crippen molar-refractivity contribution < 1.29 is 5.11 Å². The fourth-order valence-electron chi connectivity index (χ4n) is 1.99. The van der Waals surface area contributed by atoms with E-state index in [4.69, 9.17) is 5.73 Å². The standard InChI is InChI=1S/C12H16BrNO/c13-11-4-2-1-3-9(11)10(7-14)12(15)8-5-6-8/h1-4,8,10,12,15H,5-7,14H2. The molecule has 1 saturated carbocycles. The lowest BCUT2D eigenvalue weighted by molar-refractivity contribution is 0.122. The Bertz CT molecular complexity index is 338. The quantitative estimate of drug-likeness (QED) is 0.881. The average Bonchev–Trinajstić information content (AvgIpc) is 3.05. The molecule has 82 valence electrons. The molecule has 2 atom stereocenters.